The molecule has 0 heterocycles. The molecule has 0 amide bonds. The summed E-state index contributed by atoms with van der Waals surface area (Å²) in [5, 5.41) is 4.60. The van der Waals surface area contributed by atoms with Crippen LogP contribution < -0.4 is 29.6 Å². The predicted octanol–water partition coefficient (Wildman–Crippen LogP) is 13.6. The van der Waals surface area contributed by atoms with Gasteiger partial charge in [-0.25, -0.2) is 0 Å². The van der Waals surface area contributed by atoms with Gasteiger partial charge >= 0.3 is 66.0 Å². The van der Waals surface area contributed by atoms with Gasteiger partial charge in [-0.3, -0.25) is 0 Å². The minimum absolute atomic E-state index is 0.464. The van der Waals surface area contributed by atoms with Crippen molar-refractivity contribution in [2.24, 2.45) is 0 Å². The van der Waals surface area contributed by atoms with Crippen molar-refractivity contribution in [3.63, 3.8) is 0 Å². The zero-order valence-electron chi connectivity index (χ0n) is 41.2. The third-order valence-electron chi connectivity index (χ3n) is 9.82. The fourth-order valence-corrected chi connectivity index (χ4v) is 6.49. The summed E-state index contributed by atoms with van der Waals surface area (Å²) in [5.41, 5.74) is 7.40. The van der Waals surface area contributed by atoms with Gasteiger partial charge in [0.05, 0.1) is 52.9 Å². The first-order valence-corrected chi connectivity index (χ1v) is 27.8. The summed E-state index contributed by atoms with van der Waals surface area (Å²) in [6, 6.07) is 53.6. The molecule has 4 N–H and O–H groups in total. The van der Waals surface area contributed by atoms with Crippen molar-refractivity contribution in [2.45, 2.75) is 26.2 Å². The zero-order valence-corrected chi connectivity index (χ0v) is 43.0. The van der Waals surface area contributed by atoms with Gasteiger partial charge in [-0.2, -0.15) is 0 Å². The molecule has 0 saturated carbocycles. The van der Waals surface area contributed by atoms with Crippen LogP contribution in [0.15, 0.2) is 158 Å². The molecule has 0 aromatic heterocycles. The van der Waals surface area contributed by atoms with Crippen LogP contribution in [-0.2, 0) is 45.1 Å². The van der Waals surface area contributed by atoms with E-state index >= 15 is 0 Å². The molecule has 0 bridgehead atoms. The van der Waals surface area contributed by atoms with Crippen molar-refractivity contribution in [1.29, 1.82) is 0 Å². The van der Waals surface area contributed by atoms with Gasteiger partial charge < -0.3 is 48.5 Å². The maximum absolute atomic E-state index is 10.7. The molecule has 76 heavy (non-hydrogen) atoms. The molecule has 6 aromatic rings. The van der Waals surface area contributed by atoms with E-state index in [0.29, 0.717) is 79.3 Å². The van der Waals surface area contributed by atoms with Gasteiger partial charge in [-0.15, -0.1) is 0 Å². The molecular formula is C52H62F12N2O8P2. The van der Waals surface area contributed by atoms with Gasteiger partial charge in [0, 0.05) is 22.3 Å². The first-order valence-electron chi connectivity index (χ1n) is 23.7. The normalized spacial score (nSPS) is 13.3. The summed E-state index contributed by atoms with van der Waals surface area (Å²) in [4.78, 5) is 0. The molecule has 0 aliphatic rings. The van der Waals surface area contributed by atoms with Crippen LogP contribution in [0.25, 0.3) is 11.1 Å². The Bertz CT molecular complexity index is 2320. The van der Waals surface area contributed by atoms with Crippen molar-refractivity contribution in [1.82, 2.24) is 0 Å². The van der Waals surface area contributed by atoms with E-state index in [4.69, 9.17) is 37.9 Å². The number of hydrogen-bond donors (Lipinski definition) is 2. The first kappa shape index (κ1) is 62.8. The maximum atomic E-state index is 9.87. The fourth-order valence-electron chi connectivity index (χ4n) is 6.49. The monoisotopic (exact) mass is 1130 g/mol. The molecule has 0 aliphatic heterocycles. The SMILES string of the molecule is F[P-](F)(F)(F)(F)F.F[P-](F)(F)(F)(F)F.c1ccc(C[NH2+]Cc2ccc(OCCOCCOCCOc3ccc(-c4ccc(OCCOCCOCCOc5ccc(C[NH2+]Cc6ccccc6)cc5)cc4)cc3)cc2)cc1. The molecule has 0 atom stereocenters. The van der Waals surface area contributed by atoms with Gasteiger partial charge in [-0.1, -0.05) is 84.9 Å². The molecule has 6 rings (SSSR count). The van der Waals surface area contributed by atoms with Crippen molar-refractivity contribution in [3.8, 4) is 34.1 Å². The molecule has 0 saturated heterocycles. The molecule has 0 radical (unpaired) electrons. The van der Waals surface area contributed by atoms with E-state index in [1.165, 1.54) is 22.3 Å². The summed E-state index contributed by atoms with van der Waals surface area (Å²) in [6.45, 7) is 9.72. The van der Waals surface area contributed by atoms with E-state index < -0.39 is 15.6 Å². The van der Waals surface area contributed by atoms with E-state index in [1.54, 1.807) is 0 Å². The van der Waals surface area contributed by atoms with E-state index in [2.05, 4.69) is 108 Å². The van der Waals surface area contributed by atoms with Crippen LogP contribution in [0.3, 0.4) is 0 Å². The molecule has 0 fully saturated rings. The summed E-state index contributed by atoms with van der Waals surface area (Å²) >= 11 is 0. The number of rotatable bonds is 31. The van der Waals surface area contributed by atoms with Crippen LogP contribution in [0, 0.1) is 0 Å². The summed E-state index contributed by atoms with van der Waals surface area (Å²) in [7, 11) is -21.3. The Morgan fingerprint density at radius 3 is 0.684 bits per heavy atom. The summed E-state index contributed by atoms with van der Waals surface area (Å²) in [6.07, 6.45) is 0. The Morgan fingerprint density at radius 1 is 0.250 bits per heavy atom. The number of ether oxygens (including phenoxy) is 8. The van der Waals surface area contributed by atoms with E-state index in [-0.39, 0.29) is 0 Å². The second kappa shape index (κ2) is 28.6. The Labute approximate surface area is 433 Å². The topological polar surface area (TPSA) is 107 Å². The standard InChI is InChI=1S/C52H60N2O8.2F6P/c1-3-7-43(8-4-1)39-53-41-45-11-19-49(20-12-45)59-35-31-55-27-29-57-33-37-61-51-23-15-47(16-24-51)48-17-25-52(26-18-48)62-38-34-58-30-28-56-32-36-60-50-21-13-46(14-22-50)42-54-40-44-9-5-2-6-10-44;2*1-7(2,3,4,5)6/h1-26,53-54H,27-42H2;;/q;2*-1/p+2. The average Bonchev–Trinajstić information content (AvgIpc) is 3.35. The van der Waals surface area contributed by atoms with Crippen molar-refractivity contribution < 1.29 is 98.9 Å². The van der Waals surface area contributed by atoms with Gasteiger partial charge in [0.25, 0.3) is 0 Å². The molecule has 10 nitrogen and oxygen atoms in total. The van der Waals surface area contributed by atoms with Crippen molar-refractivity contribution in [3.05, 3.63) is 180 Å². The molecule has 6 aromatic carbocycles. The number of hydrogen-bond acceptors (Lipinski definition) is 8. The number of benzene rings is 6. The maximum Gasteiger partial charge on any atom is 0.119 e. The van der Waals surface area contributed by atoms with Crippen LogP contribution in [-0.4, -0.2) is 79.3 Å². The number of quaternary nitrogens is 2. The van der Waals surface area contributed by atoms with Gasteiger partial charge in [0.15, 0.2) is 0 Å². The number of halogens is 12. The first-order chi connectivity index (χ1) is 35.7. The number of nitrogens with two attached hydrogens (primary N) is 2. The van der Waals surface area contributed by atoms with E-state index in [9.17, 15) is 50.4 Å². The van der Waals surface area contributed by atoms with E-state index in [1.807, 2.05) is 60.7 Å². The minimum atomic E-state index is -10.7. The molecule has 0 spiro atoms. The molecular weight excluding hydrogens is 1070 g/mol. The minimum Gasteiger partial charge on any atom is -0.491 e. The van der Waals surface area contributed by atoms with Crippen LogP contribution in [0.5, 0.6) is 23.0 Å². The Kier molecular flexibility index (Phi) is 23.7. The summed E-state index contributed by atoms with van der Waals surface area (Å²) in [5.74, 6) is 3.30. The Balaban J connectivity index is 0.000000784. The molecule has 0 aliphatic carbocycles. The zero-order chi connectivity index (χ0) is 55.4. The quantitative estimate of drug-likeness (QED) is 0.0252. The Morgan fingerprint density at radius 2 is 0.447 bits per heavy atom. The van der Waals surface area contributed by atoms with Gasteiger partial charge in [-0.05, 0) is 83.9 Å². The van der Waals surface area contributed by atoms with Gasteiger partial charge in [0.2, 0.25) is 0 Å². The third-order valence-corrected chi connectivity index (χ3v) is 9.82. The average molecular weight is 1130 g/mol. The largest absolute Gasteiger partial charge is 0.491 e. The molecule has 24 heteroatoms. The van der Waals surface area contributed by atoms with Crippen LogP contribution >= 0.6 is 15.6 Å². The third kappa shape index (κ3) is 36.3. The van der Waals surface area contributed by atoms with Crippen molar-refractivity contribution >= 4 is 15.6 Å². The van der Waals surface area contributed by atoms with Crippen LogP contribution in [0.2, 0.25) is 0 Å². The fraction of sp³-hybridized carbons (Fsp3) is 0.308. The molecule has 422 valence electrons. The smallest absolute Gasteiger partial charge is 0.119 e. The second-order valence-corrected chi connectivity index (χ2v) is 20.3. The van der Waals surface area contributed by atoms with Gasteiger partial charge in [0.1, 0.15) is 75.6 Å². The van der Waals surface area contributed by atoms with E-state index in [0.717, 1.165) is 60.3 Å². The second-order valence-electron chi connectivity index (χ2n) is 16.5. The van der Waals surface area contributed by atoms with Crippen LogP contribution in [0.4, 0.5) is 50.4 Å². The predicted molar refractivity (Wildman–Crippen MR) is 269 cm³/mol. The summed E-state index contributed by atoms with van der Waals surface area (Å²) < 4.78 is 164. The molecule has 0 unspecified atom stereocenters. The van der Waals surface area contributed by atoms with Crippen molar-refractivity contribution in [2.75, 3.05) is 79.3 Å². The van der Waals surface area contributed by atoms with Crippen LogP contribution in [0.1, 0.15) is 22.3 Å². The Hall–Kier alpha value is -5.70.